The maximum atomic E-state index is 12.7. The summed E-state index contributed by atoms with van der Waals surface area (Å²) < 4.78 is 5.95. The molecule has 23 heavy (non-hydrogen) atoms. The highest BCUT2D eigenvalue weighted by atomic mass is 32.1. The van der Waals surface area contributed by atoms with Gasteiger partial charge in [0.1, 0.15) is 16.7 Å². The van der Waals surface area contributed by atoms with E-state index in [9.17, 15) is 4.79 Å². The molecule has 1 N–H and O–H groups in total. The first kappa shape index (κ1) is 15.8. The van der Waals surface area contributed by atoms with E-state index in [2.05, 4.69) is 10.3 Å². The number of hydrogen-bond acceptors (Lipinski definition) is 5. The molecule has 0 saturated carbocycles. The van der Waals surface area contributed by atoms with Gasteiger partial charge in [0, 0.05) is 19.5 Å². The maximum Gasteiger partial charge on any atom is 0.266 e. The van der Waals surface area contributed by atoms with Crippen LogP contribution in [0.4, 0.5) is 5.13 Å². The third kappa shape index (κ3) is 3.64. The molecule has 0 aliphatic carbocycles. The summed E-state index contributed by atoms with van der Waals surface area (Å²) >= 11 is 1.43. The molecule has 3 rings (SSSR count). The van der Waals surface area contributed by atoms with E-state index in [1.54, 1.807) is 0 Å². The van der Waals surface area contributed by atoms with Gasteiger partial charge in [-0.2, -0.15) is 0 Å². The second-order valence-corrected chi connectivity index (χ2v) is 6.56. The summed E-state index contributed by atoms with van der Waals surface area (Å²) in [5.41, 5.74) is 0.795. The van der Waals surface area contributed by atoms with Crippen LogP contribution in [-0.2, 0) is 0 Å². The minimum absolute atomic E-state index is 0.0582. The van der Waals surface area contributed by atoms with Crippen molar-refractivity contribution in [3.63, 3.8) is 0 Å². The minimum atomic E-state index is 0.0582. The molecule has 1 amide bonds. The zero-order chi connectivity index (χ0) is 16.2. The normalized spacial score (nSPS) is 17.3. The molecule has 6 heteroatoms. The van der Waals surface area contributed by atoms with E-state index in [1.807, 2.05) is 49.1 Å². The summed E-state index contributed by atoms with van der Waals surface area (Å²) in [5, 5.41) is 3.98. The van der Waals surface area contributed by atoms with Crippen molar-refractivity contribution < 1.29 is 9.53 Å². The molecule has 1 aromatic carbocycles. The molecule has 1 unspecified atom stereocenters. The third-order valence-electron chi connectivity index (χ3n) is 3.80. The van der Waals surface area contributed by atoms with Crippen LogP contribution >= 0.6 is 11.3 Å². The van der Waals surface area contributed by atoms with Crippen LogP contribution in [-0.4, -0.2) is 41.5 Å². The second kappa shape index (κ2) is 7.00. The summed E-state index contributed by atoms with van der Waals surface area (Å²) in [6.45, 7) is 6.06. The van der Waals surface area contributed by atoms with Crippen molar-refractivity contribution in [2.24, 2.45) is 0 Å². The van der Waals surface area contributed by atoms with E-state index in [0.717, 1.165) is 41.0 Å². The summed E-state index contributed by atoms with van der Waals surface area (Å²) in [7, 11) is 0. The van der Waals surface area contributed by atoms with Crippen LogP contribution in [0.15, 0.2) is 30.3 Å². The van der Waals surface area contributed by atoms with Crippen LogP contribution in [0.1, 0.15) is 28.7 Å². The summed E-state index contributed by atoms with van der Waals surface area (Å²) in [6.07, 6.45) is 0.918. The van der Waals surface area contributed by atoms with Gasteiger partial charge in [0.25, 0.3) is 5.91 Å². The standard InChI is InChI=1S/C17H21N3O2S/c1-3-18-17-19-12(2)15(23-17)16(21)20-10-9-14(11-20)22-13-7-5-4-6-8-13/h4-8,14H,3,9-11H2,1-2H3,(H,18,19). The lowest BCUT2D eigenvalue weighted by Gasteiger charge is -2.16. The molecule has 0 radical (unpaired) electrons. The van der Waals surface area contributed by atoms with Crippen molar-refractivity contribution in [1.82, 2.24) is 9.88 Å². The Morgan fingerprint density at radius 2 is 2.22 bits per heavy atom. The first-order chi connectivity index (χ1) is 11.2. The lowest BCUT2D eigenvalue weighted by atomic mass is 10.3. The van der Waals surface area contributed by atoms with Crippen LogP contribution in [0.25, 0.3) is 0 Å². The van der Waals surface area contributed by atoms with Crippen molar-refractivity contribution in [2.75, 3.05) is 25.0 Å². The average molecular weight is 331 g/mol. The second-order valence-electron chi connectivity index (χ2n) is 5.56. The topological polar surface area (TPSA) is 54.5 Å². The van der Waals surface area contributed by atoms with E-state index >= 15 is 0 Å². The Hall–Kier alpha value is -2.08. The zero-order valence-corrected chi connectivity index (χ0v) is 14.2. The van der Waals surface area contributed by atoms with Crippen molar-refractivity contribution in [3.05, 3.63) is 40.9 Å². The predicted octanol–water partition coefficient (Wildman–Crippen LogP) is 3.18. The highest BCUT2D eigenvalue weighted by molar-refractivity contribution is 7.17. The first-order valence-electron chi connectivity index (χ1n) is 7.89. The Labute approximate surface area is 140 Å². The number of anilines is 1. The van der Waals surface area contributed by atoms with Crippen LogP contribution in [0.5, 0.6) is 5.75 Å². The van der Waals surface area contributed by atoms with Gasteiger partial charge in [0.15, 0.2) is 5.13 Å². The molecule has 1 aliphatic rings. The number of aryl methyl sites for hydroxylation is 1. The molecule has 2 aromatic rings. The van der Waals surface area contributed by atoms with Gasteiger partial charge in [0.05, 0.1) is 12.2 Å². The van der Waals surface area contributed by atoms with E-state index in [1.165, 1.54) is 11.3 Å². The number of nitrogens with zero attached hydrogens (tertiary/aromatic N) is 2. The summed E-state index contributed by atoms with van der Waals surface area (Å²) in [4.78, 5) is 19.7. The molecule has 0 spiro atoms. The van der Waals surface area contributed by atoms with Crippen molar-refractivity contribution in [3.8, 4) is 5.75 Å². The van der Waals surface area contributed by atoms with Gasteiger partial charge >= 0.3 is 0 Å². The Bertz CT molecular complexity index is 672. The van der Waals surface area contributed by atoms with Crippen LogP contribution in [0.3, 0.4) is 0 Å². The number of hydrogen-bond donors (Lipinski definition) is 1. The number of carbonyl (C=O) groups excluding carboxylic acids is 1. The molecular formula is C17H21N3O2S. The Balaban J connectivity index is 1.63. The number of benzene rings is 1. The molecule has 5 nitrogen and oxygen atoms in total. The Kier molecular flexibility index (Phi) is 4.81. The fourth-order valence-electron chi connectivity index (χ4n) is 2.67. The van der Waals surface area contributed by atoms with Crippen molar-refractivity contribution in [1.29, 1.82) is 0 Å². The van der Waals surface area contributed by atoms with E-state index in [4.69, 9.17) is 4.74 Å². The van der Waals surface area contributed by atoms with Crippen molar-refractivity contribution in [2.45, 2.75) is 26.4 Å². The number of nitrogens with one attached hydrogen (secondary N) is 1. The van der Waals surface area contributed by atoms with E-state index in [-0.39, 0.29) is 12.0 Å². The number of ether oxygens (including phenoxy) is 1. The van der Waals surface area contributed by atoms with E-state index < -0.39 is 0 Å². The SMILES string of the molecule is CCNc1nc(C)c(C(=O)N2CCC(Oc3ccccc3)C2)s1. The highest BCUT2D eigenvalue weighted by Crippen LogP contribution is 2.26. The van der Waals surface area contributed by atoms with Gasteiger partial charge in [-0.25, -0.2) is 4.98 Å². The smallest absolute Gasteiger partial charge is 0.266 e. The summed E-state index contributed by atoms with van der Waals surface area (Å²) in [5.74, 6) is 0.915. The van der Waals surface area contributed by atoms with Gasteiger partial charge in [0.2, 0.25) is 0 Å². The van der Waals surface area contributed by atoms with Gasteiger partial charge in [-0.1, -0.05) is 29.5 Å². The number of carbonyl (C=O) groups is 1. The molecule has 1 saturated heterocycles. The maximum absolute atomic E-state index is 12.7. The predicted molar refractivity (Wildman–Crippen MR) is 92.4 cm³/mol. The Morgan fingerprint density at radius 1 is 1.43 bits per heavy atom. The molecule has 2 heterocycles. The van der Waals surface area contributed by atoms with E-state index in [0.29, 0.717) is 6.54 Å². The molecule has 1 aromatic heterocycles. The van der Waals surface area contributed by atoms with Gasteiger partial charge in [-0.15, -0.1) is 0 Å². The third-order valence-corrected chi connectivity index (χ3v) is 4.90. The molecule has 1 atom stereocenters. The largest absolute Gasteiger partial charge is 0.489 e. The lowest BCUT2D eigenvalue weighted by Crippen LogP contribution is -2.30. The quantitative estimate of drug-likeness (QED) is 0.914. The fraction of sp³-hybridized carbons (Fsp3) is 0.412. The van der Waals surface area contributed by atoms with Gasteiger partial charge in [-0.3, -0.25) is 4.79 Å². The highest BCUT2D eigenvalue weighted by Gasteiger charge is 2.30. The van der Waals surface area contributed by atoms with Crippen molar-refractivity contribution >= 4 is 22.4 Å². The minimum Gasteiger partial charge on any atom is -0.489 e. The zero-order valence-electron chi connectivity index (χ0n) is 13.4. The number of para-hydroxylation sites is 1. The number of aromatic nitrogens is 1. The number of thiazole rings is 1. The summed E-state index contributed by atoms with van der Waals surface area (Å²) in [6, 6.07) is 9.76. The first-order valence-corrected chi connectivity index (χ1v) is 8.71. The number of rotatable bonds is 5. The number of likely N-dealkylation sites (tertiary alicyclic amines) is 1. The Morgan fingerprint density at radius 3 is 2.96 bits per heavy atom. The number of amides is 1. The van der Waals surface area contributed by atoms with Crippen LogP contribution in [0.2, 0.25) is 0 Å². The van der Waals surface area contributed by atoms with Crippen LogP contribution in [0, 0.1) is 6.92 Å². The van der Waals surface area contributed by atoms with Gasteiger partial charge < -0.3 is 15.0 Å². The van der Waals surface area contributed by atoms with Gasteiger partial charge in [-0.05, 0) is 26.0 Å². The fourth-order valence-corrected chi connectivity index (χ4v) is 3.67. The monoisotopic (exact) mass is 331 g/mol. The molecule has 122 valence electrons. The lowest BCUT2D eigenvalue weighted by molar-refractivity contribution is 0.0776. The molecule has 1 fully saturated rings. The molecule has 1 aliphatic heterocycles. The molecular weight excluding hydrogens is 310 g/mol. The van der Waals surface area contributed by atoms with Crippen LogP contribution < -0.4 is 10.1 Å². The average Bonchev–Trinajstić information content (AvgIpc) is 3.15. The molecule has 0 bridgehead atoms.